The van der Waals surface area contributed by atoms with Gasteiger partial charge in [0.05, 0.1) is 6.04 Å². The molecule has 18 heavy (non-hydrogen) atoms. The van der Waals surface area contributed by atoms with Crippen LogP contribution in [0, 0.1) is 18.7 Å². The number of nitrogens with zero attached hydrogens (tertiary/aromatic N) is 2. The molecule has 1 aromatic heterocycles. The average Bonchev–Trinajstić information content (AvgIpc) is 2.81. The maximum atomic E-state index is 13.2. The summed E-state index contributed by atoms with van der Waals surface area (Å²) in [4.78, 5) is 4.25. The standard InChI is InChI=1S/C13H16FN3O/c1-7(2)11(15)12-16-13(18-17-12)9-4-5-10(14)8(3)6-9/h4-7,11H,15H2,1-3H3. The van der Waals surface area contributed by atoms with Gasteiger partial charge in [0, 0.05) is 5.56 Å². The summed E-state index contributed by atoms with van der Waals surface area (Å²) in [6.07, 6.45) is 0. The van der Waals surface area contributed by atoms with Crippen LogP contribution >= 0.6 is 0 Å². The summed E-state index contributed by atoms with van der Waals surface area (Å²) in [5.74, 6) is 0.814. The second-order valence-electron chi connectivity index (χ2n) is 4.69. The largest absolute Gasteiger partial charge is 0.334 e. The molecule has 96 valence electrons. The first-order chi connectivity index (χ1) is 8.49. The molecule has 0 aliphatic carbocycles. The first-order valence-corrected chi connectivity index (χ1v) is 5.84. The molecule has 2 N–H and O–H groups in total. The Bertz CT molecular complexity index is 551. The van der Waals surface area contributed by atoms with E-state index in [0.29, 0.717) is 22.8 Å². The van der Waals surface area contributed by atoms with Gasteiger partial charge in [-0.15, -0.1) is 0 Å². The molecule has 0 aliphatic rings. The summed E-state index contributed by atoms with van der Waals surface area (Å²) in [5.41, 5.74) is 7.18. The molecule has 1 atom stereocenters. The smallest absolute Gasteiger partial charge is 0.257 e. The van der Waals surface area contributed by atoms with E-state index in [2.05, 4.69) is 10.1 Å². The Balaban J connectivity index is 2.32. The summed E-state index contributed by atoms with van der Waals surface area (Å²) in [6, 6.07) is 4.41. The Hall–Kier alpha value is -1.75. The summed E-state index contributed by atoms with van der Waals surface area (Å²) in [6.45, 7) is 5.67. The van der Waals surface area contributed by atoms with Crippen LogP contribution in [0.2, 0.25) is 0 Å². The SMILES string of the molecule is Cc1cc(-c2nc(C(N)C(C)C)no2)ccc1F. The van der Waals surface area contributed by atoms with E-state index in [1.54, 1.807) is 19.1 Å². The number of aryl methyl sites for hydroxylation is 1. The lowest BCUT2D eigenvalue weighted by Crippen LogP contribution is -2.18. The molecule has 0 saturated carbocycles. The van der Waals surface area contributed by atoms with Gasteiger partial charge in [0.2, 0.25) is 0 Å². The van der Waals surface area contributed by atoms with Crippen LogP contribution < -0.4 is 5.73 Å². The van der Waals surface area contributed by atoms with E-state index < -0.39 is 0 Å². The number of hydrogen-bond acceptors (Lipinski definition) is 4. The molecule has 0 fully saturated rings. The predicted octanol–water partition coefficient (Wildman–Crippen LogP) is 2.84. The fraction of sp³-hybridized carbons (Fsp3) is 0.385. The number of aromatic nitrogens is 2. The lowest BCUT2D eigenvalue weighted by atomic mass is 10.1. The average molecular weight is 249 g/mol. The molecule has 0 saturated heterocycles. The molecule has 5 heteroatoms. The van der Waals surface area contributed by atoms with Crippen molar-refractivity contribution in [2.75, 3.05) is 0 Å². The Morgan fingerprint density at radius 2 is 2.06 bits per heavy atom. The van der Waals surface area contributed by atoms with Crippen LogP contribution in [0.25, 0.3) is 11.5 Å². The van der Waals surface area contributed by atoms with E-state index >= 15 is 0 Å². The van der Waals surface area contributed by atoms with E-state index in [1.165, 1.54) is 6.07 Å². The van der Waals surface area contributed by atoms with Crippen LogP contribution in [0.3, 0.4) is 0 Å². The predicted molar refractivity (Wildman–Crippen MR) is 66.2 cm³/mol. The van der Waals surface area contributed by atoms with Crippen LogP contribution in [-0.4, -0.2) is 10.1 Å². The fourth-order valence-corrected chi connectivity index (χ4v) is 1.56. The summed E-state index contributed by atoms with van der Waals surface area (Å²) >= 11 is 0. The van der Waals surface area contributed by atoms with Crippen LogP contribution in [-0.2, 0) is 0 Å². The van der Waals surface area contributed by atoms with Crippen molar-refractivity contribution in [2.45, 2.75) is 26.8 Å². The molecule has 0 bridgehead atoms. The van der Waals surface area contributed by atoms with Crippen molar-refractivity contribution >= 4 is 0 Å². The maximum Gasteiger partial charge on any atom is 0.257 e. The molecule has 0 aliphatic heterocycles. The fourth-order valence-electron chi connectivity index (χ4n) is 1.56. The zero-order valence-electron chi connectivity index (χ0n) is 10.6. The number of halogens is 1. The van der Waals surface area contributed by atoms with Gasteiger partial charge in [-0.3, -0.25) is 0 Å². The molecule has 2 rings (SSSR count). The van der Waals surface area contributed by atoms with Crippen molar-refractivity contribution in [3.05, 3.63) is 35.4 Å². The van der Waals surface area contributed by atoms with Crippen LogP contribution in [0.4, 0.5) is 4.39 Å². The Kier molecular flexibility index (Phi) is 3.43. The molecule has 0 spiro atoms. The highest BCUT2D eigenvalue weighted by Crippen LogP contribution is 2.23. The van der Waals surface area contributed by atoms with Gasteiger partial charge in [-0.25, -0.2) is 4.39 Å². The number of benzene rings is 1. The number of nitrogens with two attached hydrogens (primary N) is 1. The minimum absolute atomic E-state index is 0.227. The summed E-state index contributed by atoms with van der Waals surface area (Å²) in [7, 11) is 0. The number of hydrogen-bond donors (Lipinski definition) is 1. The van der Waals surface area contributed by atoms with Gasteiger partial charge in [-0.2, -0.15) is 4.98 Å². The van der Waals surface area contributed by atoms with Crippen molar-refractivity contribution in [1.82, 2.24) is 10.1 Å². The van der Waals surface area contributed by atoms with Crippen LogP contribution in [0.15, 0.2) is 22.7 Å². The molecule has 0 amide bonds. The normalized spacial score (nSPS) is 13.0. The summed E-state index contributed by atoms with van der Waals surface area (Å²) in [5, 5.41) is 3.86. The van der Waals surface area contributed by atoms with Crippen molar-refractivity contribution in [3.8, 4) is 11.5 Å². The lowest BCUT2D eigenvalue weighted by molar-refractivity contribution is 0.400. The Morgan fingerprint density at radius 3 is 2.67 bits per heavy atom. The quantitative estimate of drug-likeness (QED) is 0.908. The minimum Gasteiger partial charge on any atom is -0.334 e. The van der Waals surface area contributed by atoms with Gasteiger partial charge in [-0.1, -0.05) is 19.0 Å². The van der Waals surface area contributed by atoms with Gasteiger partial charge in [0.1, 0.15) is 5.82 Å². The Labute approximate surface area is 105 Å². The third kappa shape index (κ3) is 2.41. The second-order valence-corrected chi connectivity index (χ2v) is 4.69. The van der Waals surface area contributed by atoms with Gasteiger partial charge in [-0.05, 0) is 36.6 Å². The lowest BCUT2D eigenvalue weighted by Gasteiger charge is -2.09. The zero-order chi connectivity index (χ0) is 13.3. The molecular formula is C13H16FN3O. The van der Waals surface area contributed by atoms with E-state index in [-0.39, 0.29) is 17.8 Å². The molecule has 1 aromatic carbocycles. The molecule has 1 unspecified atom stereocenters. The number of rotatable bonds is 3. The highest BCUT2D eigenvalue weighted by atomic mass is 19.1. The van der Waals surface area contributed by atoms with Gasteiger partial charge in [0.25, 0.3) is 5.89 Å². The monoisotopic (exact) mass is 249 g/mol. The van der Waals surface area contributed by atoms with E-state index in [9.17, 15) is 4.39 Å². The van der Waals surface area contributed by atoms with Crippen molar-refractivity contribution in [1.29, 1.82) is 0 Å². The van der Waals surface area contributed by atoms with Gasteiger partial charge in [0.15, 0.2) is 5.82 Å². The molecule has 0 radical (unpaired) electrons. The highest BCUT2D eigenvalue weighted by Gasteiger charge is 2.18. The molecule has 1 heterocycles. The van der Waals surface area contributed by atoms with E-state index in [0.717, 1.165) is 0 Å². The van der Waals surface area contributed by atoms with Crippen molar-refractivity contribution < 1.29 is 8.91 Å². The molecular weight excluding hydrogens is 233 g/mol. The Morgan fingerprint density at radius 1 is 1.33 bits per heavy atom. The zero-order valence-corrected chi connectivity index (χ0v) is 10.6. The first-order valence-electron chi connectivity index (χ1n) is 5.84. The van der Waals surface area contributed by atoms with Crippen LogP contribution in [0.5, 0.6) is 0 Å². The molecule has 4 nitrogen and oxygen atoms in total. The highest BCUT2D eigenvalue weighted by molar-refractivity contribution is 5.54. The second kappa shape index (κ2) is 4.86. The van der Waals surface area contributed by atoms with Gasteiger partial charge >= 0.3 is 0 Å². The third-order valence-electron chi connectivity index (χ3n) is 2.86. The summed E-state index contributed by atoms with van der Waals surface area (Å²) < 4.78 is 18.3. The minimum atomic E-state index is -0.260. The third-order valence-corrected chi connectivity index (χ3v) is 2.86. The van der Waals surface area contributed by atoms with Crippen LogP contribution in [0.1, 0.15) is 31.3 Å². The van der Waals surface area contributed by atoms with Crippen molar-refractivity contribution in [3.63, 3.8) is 0 Å². The van der Waals surface area contributed by atoms with Crippen molar-refractivity contribution in [2.24, 2.45) is 11.7 Å². The topological polar surface area (TPSA) is 64.9 Å². The van der Waals surface area contributed by atoms with E-state index in [4.69, 9.17) is 10.3 Å². The first kappa shape index (κ1) is 12.7. The van der Waals surface area contributed by atoms with E-state index in [1.807, 2.05) is 13.8 Å². The van der Waals surface area contributed by atoms with Gasteiger partial charge < -0.3 is 10.3 Å². The maximum absolute atomic E-state index is 13.2. The molecule has 2 aromatic rings.